The highest BCUT2D eigenvalue weighted by atomic mass is 16.5. The van der Waals surface area contributed by atoms with Gasteiger partial charge in [-0.3, -0.25) is 4.98 Å². The Hall–Kier alpha value is -0.930. The zero-order valence-corrected chi connectivity index (χ0v) is 9.52. The number of methoxy groups -OCH3 is 1. The summed E-state index contributed by atoms with van der Waals surface area (Å²) >= 11 is 0. The maximum Gasteiger partial charge on any atom is 0.0543 e. The van der Waals surface area contributed by atoms with Crippen molar-refractivity contribution in [3.05, 3.63) is 30.1 Å². The van der Waals surface area contributed by atoms with Crippen molar-refractivity contribution in [2.24, 2.45) is 5.73 Å². The third kappa shape index (κ3) is 4.91. The fourth-order valence-electron chi connectivity index (χ4n) is 1.49. The van der Waals surface area contributed by atoms with Gasteiger partial charge in [0, 0.05) is 25.5 Å². The number of hydrogen-bond donors (Lipinski definition) is 1. The zero-order valence-electron chi connectivity index (χ0n) is 9.52. The van der Waals surface area contributed by atoms with Crippen LogP contribution in [-0.4, -0.2) is 24.2 Å². The second-order valence-corrected chi connectivity index (χ2v) is 3.94. The topological polar surface area (TPSA) is 48.1 Å². The Morgan fingerprint density at radius 2 is 2.00 bits per heavy atom. The lowest BCUT2D eigenvalue weighted by Gasteiger charge is -2.14. The summed E-state index contributed by atoms with van der Waals surface area (Å²) in [6.45, 7) is 2.07. The highest BCUT2D eigenvalue weighted by Gasteiger charge is 2.06. The molecule has 1 aromatic heterocycles. The molecule has 2 atom stereocenters. The molecule has 0 spiro atoms. The summed E-state index contributed by atoms with van der Waals surface area (Å²) in [7, 11) is 1.74. The Morgan fingerprint density at radius 1 is 1.33 bits per heavy atom. The van der Waals surface area contributed by atoms with Crippen molar-refractivity contribution < 1.29 is 4.74 Å². The van der Waals surface area contributed by atoms with Crippen LogP contribution in [0.5, 0.6) is 0 Å². The molecule has 2 unspecified atom stereocenters. The van der Waals surface area contributed by atoms with Gasteiger partial charge in [-0.25, -0.2) is 0 Å². The number of nitrogens with zero attached hydrogens (tertiary/aromatic N) is 1. The van der Waals surface area contributed by atoms with Crippen LogP contribution >= 0.6 is 0 Å². The van der Waals surface area contributed by atoms with Gasteiger partial charge in [-0.15, -0.1) is 0 Å². The fourth-order valence-corrected chi connectivity index (χ4v) is 1.49. The van der Waals surface area contributed by atoms with Crippen molar-refractivity contribution in [1.82, 2.24) is 4.98 Å². The van der Waals surface area contributed by atoms with Gasteiger partial charge in [0.15, 0.2) is 0 Å². The minimum absolute atomic E-state index is 0.213. The summed E-state index contributed by atoms with van der Waals surface area (Å²) in [6.07, 6.45) is 6.84. The Morgan fingerprint density at radius 3 is 2.60 bits per heavy atom. The number of hydrogen-bond acceptors (Lipinski definition) is 3. The van der Waals surface area contributed by atoms with Gasteiger partial charge in [0.25, 0.3) is 0 Å². The van der Waals surface area contributed by atoms with Crippen LogP contribution in [-0.2, 0) is 11.2 Å². The molecule has 0 saturated carbocycles. The van der Waals surface area contributed by atoms with E-state index in [1.807, 2.05) is 12.1 Å². The van der Waals surface area contributed by atoms with Crippen molar-refractivity contribution in [2.45, 2.75) is 38.3 Å². The number of aromatic nitrogens is 1. The molecule has 3 heteroatoms. The first-order valence-corrected chi connectivity index (χ1v) is 5.39. The van der Waals surface area contributed by atoms with Crippen LogP contribution < -0.4 is 5.73 Å². The summed E-state index contributed by atoms with van der Waals surface area (Å²) in [4.78, 5) is 3.98. The molecule has 1 aromatic rings. The van der Waals surface area contributed by atoms with Crippen molar-refractivity contribution in [3.63, 3.8) is 0 Å². The van der Waals surface area contributed by atoms with E-state index in [-0.39, 0.29) is 6.04 Å². The number of nitrogens with two attached hydrogens (primary N) is 1. The maximum absolute atomic E-state index is 6.03. The third-order valence-electron chi connectivity index (χ3n) is 2.59. The summed E-state index contributed by atoms with van der Waals surface area (Å²) in [6, 6.07) is 4.24. The SMILES string of the molecule is COC(C)CCC(N)Cc1ccncc1. The molecule has 0 aliphatic rings. The molecule has 0 bridgehead atoms. The molecule has 0 saturated heterocycles. The smallest absolute Gasteiger partial charge is 0.0543 e. The molecule has 0 fully saturated rings. The second-order valence-electron chi connectivity index (χ2n) is 3.94. The predicted octanol–water partition coefficient (Wildman–Crippen LogP) is 1.77. The lowest BCUT2D eigenvalue weighted by Crippen LogP contribution is -2.24. The van der Waals surface area contributed by atoms with Crippen molar-refractivity contribution in [2.75, 3.05) is 7.11 Å². The van der Waals surface area contributed by atoms with Gasteiger partial charge in [-0.1, -0.05) is 0 Å². The summed E-state index contributed by atoms with van der Waals surface area (Å²) < 4.78 is 5.19. The monoisotopic (exact) mass is 208 g/mol. The summed E-state index contributed by atoms with van der Waals surface area (Å²) in [5.74, 6) is 0. The van der Waals surface area contributed by atoms with Gasteiger partial charge >= 0.3 is 0 Å². The first kappa shape index (κ1) is 12.1. The van der Waals surface area contributed by atoms with Crippen molar-refractivity contribution in [1.29, 1.82) is 0 Å². The minimum atomic E-state index is 0.213. The van der Waals surface area contributed by atoms with Crippen LogP contribution in [0.1, 0.15) is 25.3 Å². The van der Waals surface area contributed by atoms with Crippen LogP contribution in [0.4, 0.5) is 0 Å². The average molecular weight is 208 g/mol. The summed E-state index contributed by atoms with van der Waals surface area (Å²) in [5, 5.41) is 0. The fraction of sp³-hybridized carbons (Fsp3) is 0.583. The van der Waals surface area contributed by atoms with Crippen LogP contribution in [0.15, 0.2) is 24.5 Å². The Balaban J connectivity index is 2.27. The van der Waals surface area contributed by atoms with Gasteiger partial charge in [0.05, 0.1) is 6.10 Å². The minimum Gasteiger partial charge on any atom is -0.382 e. The predicted molar refractivity (Wildman–Crippen MR) is 61.6 cm³/mol. The molecule has 0 aliphatic heterocycles. The average Bonchev–Trinajstić information content (AvgIpc) is 2.27. The van der Waals surface area contributed by atoms with E-state index in [1.54, 1.807) is 19.5 Å². The molecule has 0 radical (unpaired) electrons. The van der Waals surface area contributed by atoms with Crippen LogP contribution in [0.3, 0.4) is 0 Å². The lowest BCUT2D eigenvalue weighted by molar-refractivity contribution is 0.107. The van der Waals surface area contributed by atoms with Crippen LogP contribution in [0.25, 0.3) is 0 Å². The van der Waals surface area contributed by atoms with Gasteiger partial charge in [-0.2, -0.15) is 0 Å². The van der Waals surface area contributed by atoms with E-state index < -0.39 is 0 Å². The lowest BCUT2D eigenvalue weighted by atomic mass is 10.0. The highest BCUT2D eigenvalue weighted by Crippen LogP contribution is 2.07. The molecule has 0 aliphatic carbocycles. The highest BCUT2D eigenvalue weighted by molar-refractivity contribution is 5.10. The molecule has 1 heterocycles. The molecule has 2 N–H and O–H groups in total. The van der Waals surface area contributed by atoms with Crippen LogP contribution in [0.2, 0.25) is 0 Å². The zero-order chi connectivity index (χ0) is 11.1. The van der Waals surface area contributed by atoms with Gasteiger partial charge in [0.1, 0.15) is 0 Å². The van der Waals surface area contributed by atoms with E-state index in [0.29, 0.717) is 6.10 Å². The molecular formula is C12H20N2O. The number of rotatable bonds is 6. The Labute approximate surface area is 91.7 Å². The van der Waals surface area contributed by atoms with E-state index in [9.17, 15) is 0 Å². The van der Waals surface area contributed by atoms with Crippen molar-refractivity contribution in [3.8, 4) is 0 Å². The van der Waals surface area contributed by atoms with Crippen molar-refractivity contribution >= 4 is 0 Å². The van der Waals surface area contributed by atoms with Gasteiger partial charge in [-0.05, 0) is 43.9 Å². The summed E-state index contributed by atoms with van der Waals surface area (Å²) in [5.41, 5.74) is 7.29. The second kappa shape index (κ2) is 6.53. The third-order valence-corrected chi connectivity index (χ3v) is 2.59. The first-order valence-electron chi connectivity index (χ1n) is 5.39. The Bertz CT molecular complexity index is 264. The molecule has 0 aromatic carbocycles. The number of ether oxygens (including phenoxy) is 1. The molecule has 1 rings (SSSR count). The van der Waals surface area contributed by atoms with E-state index in [0.717, 1.165) is 19.3 Å². The van der Waals surface area contributed by atoms with Gasteiger partial charge < -0.3 is 10.5 Å². The Kier molecular flexibility index (Phi) is 5.29. The standard InChI is InChI=1S/C12H20N2O/c1-10(15-2)3-4-12(13)9-11-5-7-14-8-6-11/h5-8,10,12H,3-4,9,13H2,1-2H3. The normalized spacial score (nSPS) is 14.9. The van der Waals surface area contributed by atoms with Gasteiger partial charge in [0.2, 0.25) is 0 Å². The largest absolute Gasteiger partial charge is 0.382 e. The quantitative estimate of drug-likeness (QED) is 0.775. The van der Waals surface area contributed by atoms with E-state index in [4.69, 9.17) is 10.5 Å². The molecule has 15 heavy (non-hydrogen) atoms. The van der Waals surface area contributed by atoms with E-state index in [1.165, 1.54) is 5.56 Å². The molecular weight excluding hydrogens is 188 g/mol. The number of pyridine rings is 1. The molecule has 0 amide bonds. The van der Waals surface area contributed by atoms with Crippen LogP contribution in [0, 0.1) is 0 Å². The van der Waals surface area contributed by atoms with E-state index >= 15 is 0 Å². The van der Waals surface area contributed by atoms with E-state index in [2.05, 4.69) is 11.9 Å². The maximum atomic E-state index is 6.03. The molecule has 3 nitrogen and oxygen atoms in total. The molecule has 84 valence electrons. The first-order chi connectivity index (χ1) is 7.22.